The number of carbonyl (C=O) groups is 1. The molecule has 4 rings (SSSR count). The number of ether oxygens (including phenoxy) is 2. The summed E-state index contributed by atoms with van der Waals surface area (Å²) in [5, 5.41) is 7.34. The quantitative estimate of drug-likeness (QED) is 0.418. The summed E-state index contributed by atoms with van der Waals surface area (Å²) >= 11 is 1.50. The lowest BCUT2D eigenvalue weighted by Crippen LogP contribution is -2.52. The normalized spacial score (nSPS) is 18.5. The molecule has 194 valence electrons. The number of aromatic amines is 1. The van der Waals surface area contributed by atoms with E-state index >= 15 is 0 Å². The number of aromatic nitrogens is 2. The lowest BCUT2D eigenvalue weighted by molar-refractivity contribution is -0.197. The van der Waals surface area contributed by atoms with Crippen molar-refractivity contribution in [3.63, 3.8) is 0 Å². The summed E-state index contributed by atoms with van der Waals surface area (Å²) in [5.41, 5.74) is 3.54. The van der Waals surface area contributed by atoms with E-state index in [2.05, 4.69) is 41.0 Å². The van der Waals surface area contributed by atoms with E-state index < -0.39 is 6.29 Å². The van der Waals surface area contributed by atoms with Gasteiger partial charge in [0.2, 0.25) is 0 Å². The molecule has 0 aliphatic carbocycles. The summed E-state index contributed by atoms with van der Waals surface area (Å²) < 4.78 is 14.1. The summed E-state index contributed by atoms with van der Waals surface area (Å²) in [4.78, 5) is 29.6. The van der Waals surface area contributed by atoms with Crippen molar-refractivity contribution in [2.75, 3.05) is 19.5 Å². The minimum Gasteiger partial charge on any atom is -0.349 e. The SMILES string of the molecule is CSc1cc(C)[nH]c(=O)c1CNC(=O)c1c(C)n(CC2OCC(NC(C)(C)C)CO2)c2ccccc12. The number of fused-ring (bicyclic) bond motifs is 1. The number of aryl methyl sites for hydroxylation is 1. The second-order valence-corrected chi connectivity index (χ2v) is 11.1. The molecule has 1 aromatic carbocycles. The third kappa shape index (κ3) is 5.86. The zero-order valence-corrected chi connectivity index (χ0v) is 22.7. The van der Waals surface area contributed by atoms with Crippen LogP contribution in [0.25, 0.3) is 10.9 Å². The van der Waals surface area contributed by atoms with Gasteiger partial charge in [-0.1, -0.05) is 18.2 Å². The monoisotopic (exact) mass is 512 g/mol. The molecule has 0 unspecified atom stereocenters. The van der Waals surface area contributed by atoms with Gasteiger partial charge in [0.15, 0.2) is 6.29 Å². The molecule has 0 radical (unpaired) electrons. The number of H-pyrrole nitrogens is 1. The first-order chi connectivity index (χ1) is 17.1. The number of nitrogens with one attached hydrogen (secondary N) is 3. The number of benzene rings is 1. The molecule has 36 heavy (non-hydrogen) atoms. The van der Waals surface area contributed by atoms with Crippen LogP contribution in [0.4, 0.5) is 0 Å². The number of amides is 1. The molecule has 3 N–H and O–H groups in total. The van der Waals surface area contributed by atoms with Gasteiger partial charge < -0.3 is 29.7 Å². The van der Waals surface area contributed by atoms with Crippen LogP contribution in [-0.2, 0) is 22.6 Å². The van der Waals surface area contributed by atoms with Crippen molar-refractivity contribution >= 4 is 28.6 Å². The van der Waals surface area contributed by atoms with Gasteiger partial charge in [0.1, 0.15) is 0 Å². The molecule has 0 bridgehead atoms. The van der Waals surface area contributed by atoms with Crippen molar-refractivity contribution in [1.82, 2.24) is 20.2 Å². The van der Waals surface area contributed by atoms with E-state index in [1.165, 1.54) is 11.8 Å². The fraction of sp³-hybridized carbons (Fsp3) is 0.481. The van der Waals surface area contributed by atoms with Crippen molar-refractivity contribution < 1.29 is 14.3 Å². The minimum atomic E-state index is -0.399. The average molecular weight is 513 g/mol. The van der Waals surface area contributed by atoms with Crippen LogP contribution in [0.2, 0.25) is 0 Å². The Morgan fingerprint density at radius 2 is 1.89 bits per heavy atom. The largest absolute Gasteiger partial charge is 0.349 e. The summed E-state index contributed by atoms with van der Waals surface area (Å²) in [6, 6.07) is 9.91. The van der Waals surface area contributed by atoms with Crippen LogP contribution in [0.5, 0.6) is 0 Å². The molecule has 1 fully saturated rings. The molecular formula is C27H36N4O4S. The molecule has 1 saturated heterocycles. The second kappa shape index (κ2) is 10.8. The van der Waals surface area contributed by atoms with E-state index in [9.17, 15) is 9.59 Å². The van der Waals surface area contributed by atoms with Gasteiger partial charge in [-0.25, -0.2) is 0 Å². The van der Waals surface area contributed by atoms with Crippen LogP contribution in [0.15, 0.2) is 40.0 Å². The van der Waals surface area contributed by atoms with Gasteiger partial charge in [0.25, 0.3) is 11.5 Å². The number of nitrogens with zero attached hydrogens (tertiary/aromatic N) is 1. The predicted molar refractivity (Wildman–Crippen MR) is 144 cm³/mol. The molecule has 0 atom stereocenters. The Kier molecular flexibility index (Phi) is 7.94. The van der Waals surface area contributed by atoms with Crippen molar-refractivity contribution in [3.8, 4) is 0 Å². The summed E-state index contributed by atoms with van der Waals surface area (Å²) in [5.74, 6) is -0.214. The number of rotatable bonds is 7. The third-order valence-corrected chi connectivity index (χ3v) is 7.07. The van der Waals surface area contributed by atoms with E-state index in [1.807, 2.05) is 50.4 Å². The van der Waals surface area contributed by atoms with E-state index in [-0.39, 0.29) is 29.6 Å². The van der Waals surface area contributed by atoms with Crippen LogP contribution >= 0.6 is 11.8 Å². The maximum Gasteiger partial charge on any atom is 0.254 e. The molecule has 8 nitrogen and oxygen atoms in total. The van der Waals surface area contributed by atoms with Crippen LogP contribution in [-0.4, -0.2) is 52.8 Å². The lowest BCUT2D eigenvalue weighted by atomic mass is 10.1. The van der Waals surface area contributed by atoms with Gasteiger partial charge >= 0.3 is 0 Å². The van der Waals surface area contributed by atoms with Gasteiger partial charge in [-0.2, -0.15) is 0 Å². The van der Waals surface area contributed by atoms with Gasteiger partial charge in [0, 0.05) is 44.8 Å². The molecule has 9 heteroatoms. The van der Waals surface area contributed by atoms with Gasteiger partial charge in [0.05, 0.1) is 31.4 Å². The topological polar surface area (TPSA) is 97.4 Å². The van der Waals surface area contributed by atoms with Gasteiger partial charge in [-0.15, -0.1) is 11.8 Å². The van der Waals surface area contributed by atoms with Crippen LogP contribution in [0.1, 0.15) is 48.1 Å². The summed E-state index contributed by atoms with van der Waals surface area (Å²) in [6.07, 6.45) is 1.53. The highest BCUT2D eigenvalue weighted by Gasteiger charge is 2.28. The highest BCUT2D eigenvalue weighted by molar-refractivity contribution is 7.98. The van der Waals surface area contributed by atoms with Gasteiger partial charge in [-0.05, 0) is 53.0 Å². The first kappa shape index (κ1) is 26.5. The maximum absolute atomic E-state index is 13.4. The van der Waals surface area contributed by atoms with Crippen molar-refractivity contribution in [2.24, 2.45) is 0 Å². The number of hydrogen-bond acceptors (Lipinski definition) is 6. The minimum absolute atomic E-state index is 0.0141. The Morgan fingerprint density at radius 3 is 2.56 bits per heavy atom. The van der Waals surface area contributed by atoms with Gasteiger partial charge in [-0.3, -0.25) is 9.59 Å². The lowest BCUT2D eigenvalue weighted by Gasteiger charge is -2.34. The molecule has 1 amide bonds. The standard InChI is InChI=1S/C27H36N4O4S/c1-16-11-22(36-6)20(25(32)29-16)12-28-26(33)24-17(2)31(21-10-8-7-9-19(21)24)13-23-34-14-18(15-35-23)30-27(3,4)5/h7-11,18,23,30H,12-15H2,1-6H3,(H,28,33)(H,29,32). The highest BCUT2D eigenvalue weighted by atomic mass is 32.2. The molecule has 1 aliphatic rings. The molecule has 3 heterocycles. The Morgan fingerprint density at radius 1 is 1.19 bits per heavy atom. The molecule has 1 aliphatic heterocycles. The Hall–Kier alpha value is -2.59. The fourth-order valence-electron chi connectivity index (χ4n) is 4.74. The fourth-order valence-corrected chi connectivity index (χ4v) is 5.44. The van der Waals surface area contributed by atoms with Crippen LogP contribution < -0.4 is 16.2 Å². The van der Waals surface area contributed by atoms with Crippen LogP contribution in [0, 0.1) is 13.8 Å². The molecular weight excluding hydrogens is 476 g/mol. The van der Waals surface area contributed by atoms with Crippen molar-refractivity contribution in [2.45, 2.75) is 70.5 Å². The number of thioether (sulfide) groups is 1. The first-order valence-electron chi connectivity index (χ1n) is 12.2. The summed E-state index contributed by atoms with van der Waals surface area (Å²) in [7, 11) is 0. The number of para-hydroxylation sites is 1. The van der Waals surface area contributed by atoms with E-state index in [4.69, 9.17) is 9.47 Å². The van der Waals surface area contributed by atoms with Crippen LogP contribution in [0.3, 0.4) is 0 Å². The first-order valence-corrected chi connectivity index (χ1v) is 13.4. The number of hydrogen-bond donors (Lipinski definition) is 3. The molecule has 0 spiro atoms. The zero-order chi connectivity index (χ0) is 26.0. The maximum atomic E-state index is 13.4. The van der Waals surface area contributed by atoms with Crippen molar-refractivity contribution in [1.29, 1.82) is 0 Å². The van der Waals surface area contributed by atoms with E-state index in [1.54, 1.807) is 0 Å². The zero-order valence-electron chi connectivity index (χ0n) is 21.9. The third-order valence-electron chi connectivity index (χ3n) is 6.27. The highest BCUT2D eigenvalue weighted by Crippen LogP contribution is 2.27. The Labute approximate surface area is 216 Å². The van der Waals surface area contributed by atoms with E-state index in [0.717, 1.165) is 27.2 Å². The predicted octanol–water partition coefficient (Wildman–Crippen LogP) is 3.73. The average Bonchev–Trinajstić information content (AvgIpc) is 3.09. The second-order valence-electron chi connectivity index (χ2n) is 10.3. The number of carbonyl (C=O) groups excluding carboxylic acids is 1. The smallest absolute Gasteiger partial charge is 0.254 e. The van der Waals surface area contributed by atoms with E-state index in [0.29, 0.717) is 30.9 Å². The Balaban J connectivity index is 1.53. The molecule has 2 aromatic heterocycles. The molecule has 3 aromatic rings. The Bertz CT molecular complexity index is 1300. The van der Waals surface area contributed by atoms with Crippen molar-refractivity contribution in [3.05, 3.63) is 63.2 Å². The summed E-state index contributed by atoms with van der Waals surface area (Å²) in [6.45, 7) is 11.9. The number of pyridine rings is 1. The molecule has 0 saturated carbocycles.